The molecule has 15 heavy (non-hydrogen) atoms. The van der Waals surface area contributed by atoms with Crippen LogP contribution in [0.3, 0.4) is 0 Å². The molecule has 4 heteroatoms. The van der Waals surface area contributed by atoms with Gasteiger partial charge >= 0.3 is 0 Å². The Labute approximate surface area is 86.7 Å². The smallest absolute Gasteiger partial charge is 0.168 e. The fraction of sp³-hybridized carbons (Fsp3) is 0.455. The van der Waals surface area contributed by atoms with Gasteiger partial charge in [0.1, 0.15) is 5.82 Å². The largest absolute Gasteiger partial charge is 0.505 e. The molecule has 0 bridgehead atoms. The zero-order valence-electron chi connectivity index (χ0n) is 8.26. The highest BCUT2D eigenvalue weighted by Gasteiger charge is 2.34. The van der Waals surface area contributed by atoms with Crippen molar-refractivity contribution < 1.29 is 13.9 Å². The molecule has 1 aromatic carbocycles. The summed E-state index contributed by atoms with van der Waals surface area (Å²) in [7, 11) is 0. The van der Waals surface area contributed by atoms with Crippen LogP contribution in [0.25, 0.3) is 0 Å². The summed E-state index contributed by atoms with van der Waals surface area (Å²) >= 11 is 0. The molecule has 0 radical (unpaired) electrons. The van der Waals surface area contributed by atoms with Crippen LogP contribution in [0.2, 0.25) is 0 Å². The number of hydrogen-bond donors (Lipinski definition) is 2. The van der Waals surface area contributed by atoms with E-state index in [2.05, 4.69) is 0 Å². The van der Waals surface area contributed by atoms with Crippen molar-refractivity contribution in [1.29, 1.82) is 0 Å². The highest BCUT2D eigenvalue weighted by atomic mass is 19.1. The van der Waals surface area contributed by atoms with Crippen LogP contribution in [0.5, 0.6) is 5.75 Å². The number of aromatic hydroxyl groups is 1. The van der Waals surface area contributed by atoms with Crippen LogP contribution >= 0.6 is 0 Å². The van der Waals surface area contributed by atoms with E-state index in [9.17, 15) is 13.9 Å². The summed E-state index contributed by atoms with van der Waals surface area (Å²) in [5.41, 5.74) is 5.45. The Morgan fingerprint density at radius 3 is 2.40 bits per heavy atom. The van der Waals surface area contributed by atoms with Crippen molar-refractivity contribution in [1.82, 2.24) is 0 Å². The highest BCUT2D eigenvalue weighted by molar-refractivity contribution is 5.40. The number of nitrogens with two attached hydrogens (primary N) is 1. The van der Waals surface area contributed by atoms with E-state index >= 15 is 0 Å². The Hall–Kier alpha value is -1.16. The van der Waals surface area contributed by atoms with Crippen molar-refractivity contribution in [2.45, 2.75) is 31.2 Å². The maximum atomic E-state index is 13.1. The average molecular weight is 213 g/mol. The molecule has 3 N–H and O–H groups in total. The van der Waals surface area contributed by atoms with Gasteiger partial charge in [-0.1, -0.05) is 12.8 Å². The van der Waals surface area contributed by atoms with Crippen LogP contribution in [-0.4, -0.2) is 5.11 Å². The van der Waals surface area contributed by atoms with Gasteiger partial charge in [0.05, 0.1) is 0 Å². The van der Waals surface area contributed by atoms with Crippen molar-refractivity contribution in [2.24, 2.45) is 5.73 Å². The lowest BCUT2D eigenvalue weighted by Crippen LogP contribution is -2.33. The number of hydrogen-bond acceptors (Lipinski definition) is 2. The second kappa shape index (κ2) is 3.45. The SMILES string of the molecule is NC1(c2cc(F)cc(F)c2O)CCCC1. The van der Waals surface area contributed by atoms with Gasteiger partial charge in [-0.05, 0) is 18.9 Å². The first-order valence-electron chi connectivity index (χ1n) is 5.00. The van der Waals surface area contributed by atoms with E-state index in [-0.39, 0.29) is 5.56 Å². The monoisotopic (exact) mass is 213 g/mol. The zero-order chi connectivity index (χ0) is 11.1. The zero-order valence-corrected chi connectivity index (χ0v) is 8.26. The van der Waals surface area contributed by atoms with Gasteiger partial charge in [-0.2, -0.15) is 0 Å². The third-order valence-corrected chi connectivity index (χ3v) is 3.06. The molecule has 0 atom stereocenters. The second-order valence-corrected chi connectivity index (χ2v) is 4.15. The molecule has 1 aliphatic carbocycles. The van der Waals surface area contributed by atoms with Gasteiger partial charge < -0.3 is 10.8 Å². The van der Waals surface area contributed by atoms with Crippen molar-refractivity contribution in [3.8, 4) is 5.75 Å². The molecule has 2 nitrogen and oxygen atoms in total. The van der Waals surface area contributed by atoms with E-state index < -0.39 is 22.9 Å². The molecule has 0 saturated heterocycles. The van der Waals surface area contributed by atoms with Gasteiger partial charge in [-0.15, -0.1) is 0 Å². The summed E-state index contributed by atoms with van der Waals surface area (Å²) in [6, 6.07) is 1.79. The Balaban J connectivity index is 2.51. The van der Waals surface area contributed by atoms with E-state index in [0.29, 0.717) is 18.9 Å². The van der Waals surface area contributed by atoms with Gasteiger partial charge in [-0.25, -0.2) is 8.78 Å². The van der Waals surface area contributed by atoms with Crippen LogP contribution in [0.1, 0.15) is 31.2 Å². The minimum absolute atomic E-state index is 0.192. The van der Waals surface area contributed by atoms with Gasteiger partial charge in [-0.3, -0.25) is 0 Å². The predicted molar refractivity (Wildman–Crippen MR) is 52.4 cm³/mol. The van der Waals surface area contributed by atoms with Crippen molar-refractivity contribution in [3.63, 3.8) is 0 Å². The van der Waals surface area contributed by atoms with Crippen LogP contribution in [-0.2, 0) is 5.54 Å². The summed E-state index contributed by atoms with van der Waals surface area (Å²) in [5.74, 6) is -2.15. The van der Waals surface area contributed by atoms with Crippen LogP contribution in [0.15, 0.2) is 12.1 Å². The molecule has 0 aliphatic heterocycles. The second-order valence-electron chi connectivity index (χ2n) is 4.15. The summed E-state index contributed by atoms with van der Waals surface area (Å²) in [6.07, 6.45) is 3.16. The Morgan fingerprint density at radius 2 is 1.80 bits per heavy atom. The standard InChI is InChI=1S/C11H13F2NO/c12-7-5-8(10(15)9(13)6-7)11(14)3-1-2-4-11/h5-6,15H,1-4,14H2. The number of rotatable bonds is 1. The predicted octanol–water partition coefficient (Wildman–Crippen LogP) is 2.40. The van der Waals surface area contributed by atoms with Gasteiger partial charge in [0.25, 0.3) is 0 Å². The van der Waals surface area contributed by atoms with Gasteiger partial charge in [0, 0.05) is 17.2 Å². The molecular formula is C11H13F2NO. The third kappa shape index (κ3) is 1.69. The molecule has 1 aliphatic rings. The number of phenolic OH excluding ortho intramolecular Hbond substituents is 1. The van der Waals surface area contributed by atoms with E-state index in [4.69, 9.17) is 5.73 Å². The normalized spacial score (nSPS) is 19.4. The summed E-state index contributed by atoms with van der Waals surface area (Å²) in [5, 5.41) is 9.53. The minimum Gasteiger partial charge on any atom is -0.505 e. The molecule has 0 unspecified atom stereocenters. The van der Waals surface area contributed by atoms with Gasteiger partial charge in [0.2, 0.25) is 0 Å². The molecule has 1 aromatic rings. The molecular weight excluding hydrogens is 200 g/mol. The fourth-order valence-electron chi connectivity index (χ4n) is 2.22. The Kier molecular flexibility index (Phi) is 2.38. The van der Waals surface area contributed by atoms with Crippen molar-refractivity contribution in [3.05, 3.63) is 29.3 Å². The lowest BCUT2D eigenvalue weighted by atomic mass is 9.88. The molecule has 1 saturated carbocycles. The number of halogens is 2. The summed E-state index contributed by atoms with van der Waals surface area (Å²) < 4.78 is 26.1. The number of phenols is 1. The topological polar surface area (TPSA) is 46.2 Å². The molecule has 2 rings (SSSR count). The molecule has 0 aromatic heterocycles. The van der Waals surface area contributed by atoms with Crippen molar-refractivity contribution in [2.75, 3.05) is 0 Å². The van der Waals surface area contributed by atoms with E-state index in [1.807, 2.05) is 0 Å². The minimum atomic E-state index is -0.943. The van der Waals surface area contributed by atoms with E-state index in [0.717, 1.165) is 18.9 Å². The Morgan fingerprint density at radius 1 is 1.20 bits per heavy atom. The fourth-order valence-corrected chi connectivity index (χ4v) is 2.22. The van der Waals surface area contributed by atoms with Crippen molar-refractivity contribution >= 4 is 0 Å². The first kappa shape index (κ1) is 10.4. The molecule has 82 valence electrons. The maximum absolute atomic E-state index is 13.1. The van der Waals surface area contributed by atoms with E-state index in [1.54, 1.807) is 0 Å². The molecule has 1 fully saturated rings. The van der Waals surface area contributed by atoms with Crippen LogP contribution < -0.4 is 5.73 Å². The summed E-state index contributed by atoms with van der Waals surface area (Å²) in [4.78, 5) is 0. The quantitative estimate of drug-likeness (QED) is 0.752. The molecule has 0 heterocycles. The van der Waals surface area contributed by atoms with E-state index in [1.165, 1.54) is 0 Å². The number of benzene rings is 1. The first-order chi connectivity index (χ1) is 7.03. The maximum Gasteiger partial charge on any atom is 0.168 e. The van der Waals surface area contributed by atoms with Crippen LogP contribution in [0.4, 0.5) is 8.78 Å². The van der Waals surface area contributed by atoms with Crippen LogP contribution in [0, 0.1) is 11.6 Å². The first-order valence-corrected chi connectivity index (χ1v) is 5.00. The molecule has 0 spiro atoms. The highest BCUT2D eigenvalue weighted by Crippen LogP contribution is 2.41. The Bertz CT molecular complexity index is 386. The molecule has 0 amide bonds. The van der Waals surface area contributed by atoms with Gasteiger partial charge in [0.15, 0.2) is 11.6 Å². The average Bonchev–Trinajstić information content (AvgIpc) is 2.59. The lowest BCUT2D eigenvalue weighted by Gasteiger charge is -2.25. The summed E-state index contributed by atoms with van der Waals surface area (Å²) in [6.45, 7) is 0. The lowest BCUT2D eigenvalue weighted by molar-refractivity contribution is 0.380. The third-order valence-electron chi connectivity index (χ3n) is 3.06.